The van der Waals surface area contributed by atoms with Crippen molar-refractivity contribution in [1.82, 2.24) is 14.8 Å². The Kier molecular flexibility index (Phi) is 4.41. The third-order valence-corrected chi connectivity index (χ3v) is 5.93. The lowest BCUT2D eigenvalue weighted by Gasteiger charge is -2.19. The summed E-state index contributed by atoms with van der Waals surface area (Å²) in [7, 11) is -1.96. The van der Waals surface area contributed by atoms with Crippen molar-refractivity contribution in [3.05, 3.63) is 53.3 Å². The minimum Gasteiger partial charge on any atom is -0.497 e. The lowest BCUT2D eigenvalue weighted by molar-refractivity contribution is -0.141. The molecule has 0 unspecified atom stereocenters. The van der Waals surface area contributed by atoms with Gasteiger partial charge in [-0.3, -0.25) is 0 Å². The molecule has 0 N–H and O–H groups in total. The van der Waals surface area contributed by atoms with E-state index in [1.165, 1.54) is 19.2 Å². The Morgan fingerprint density at radius 3 is 2.48 bits per heavy atom. The number of fused-ring (bicyclic) bond motifs is 3. The maximum Gasteiger partial charge on any atom is 0.435 e. The van der Waals surface area contributed by atoms with E-state index in [-0.39, 0.29) is 22.7 Å². The topological polar surface area (TPSA) is 74.1 Å². The number of aryl methyl sites for hydroxylation is 1. The fourth-order valence-electron chi connectivity index (χ4n) is 3.47. The molecule has 1 aliphatic rings. The zero-order chi connectivity index (χ0) is 21.0. The van der Waals surface area contributed by atoms with Crippen LogP contribution in [0.3, 0.4) is 0 Å². The first-order valence-electron chi connectivity index (χ1n) is 8.62. The molecular weight excluding hydrogens is 407 g/mol. The first-order valence-corrected chi connectivity index (χ1v) is 10.5. The Hall–Kier alpha value is -2.88. The molecule has 0 spiro atoms. The van der Waals surface area contributed by atoms with Crippen LogP contribution in [0.25, 0.3) is 17.1 Å². The van der Waals surface area contributed by atoms with Crippen LogP contribution in [0.2, 0.25) is 0 Å². The van der Waals surface area contributed by atoms with Gasteiger partial charge in [0.2, 0.25) is 0 Å². The molecule has 0 bridgehead atoms. The van der Waals surface area contributed by atoms with Crippen molar-refractivity contribution in [2.45, 2.75) is 23.9 Å². The molecule has 0 fully saturated rings. The van der Waals surface area contributed by atoms with Gasteiger partial charge in [-0.05, 0) is 48.7 Å². The molecule has 6 nitrogen and oxygen atoms in total. The maximum absolute atomic E-state index is 13.6. The highest BCUT2D eigenvalue weighted by molar-refractivity contribution is 7.90. The standard InChI is InChI=1S/C19H16F3N3O3S/c1-28-12-4-7-14-11(9-12)3-6-15-17(14)25(24-18(15)19(20,21)22)16-8-5-13(10-23-16)29(2,26)27/h4-5,7-10H,3,6H2,1-2H3. The SMILES string of the molecule is COc1ccc2c(c1)CCc1c(C(F)(F)F)nn(-c3ccc(S(C)(=O)=O)cn3)c1-2. The van der Waals surface area contributed by atoms with Crippen molar-refractivity contribution in [1.29, 1.82) is 0 Å². The molecule has 0 radical (unpaired) electrons. The largest absolute Gasteiger partial charge is 0.497 e. The van der Waals surface area contributed by atoms with Crippen LogP contribution in [-0.4, -0.2) is 36.5 Å². The molecular formula is C19H16F3N3O3S. The van der Waals surface area contributed by atoms with Crippen LogP contribution >= 0.6 is 0 Å². The van der Waals surface area contributed by atoms with Crippen LogP contribution in [-0.2, 0) is 28.9 Å². The van der Waals surface area contributed by atoms with Gasteiger partial charge in [0.15, 0.2) is 21.3 Å². The van der Waals surface area contributed by atoms with Gasteiger partial charge in [0.25, 0.3) is 0 Å². The van der Waals surface area contributed by atoms with E-state index >= 15 is 0 Å². The van der Waals surface area contributed by atoms with E-state index in [2.05, 4.69) is 10.1 Å². The molecule has 0 saturated heterocycles. The molecule has 152 valence electrons. The molecule has 10 heteroatoms. The van der Waals surface area contributed by atoms with Gasteiger partial charge in [-0.15, -0.1) is 0 Å². The van der Waals surface area contributed by atoms with Gasteiger partial charge >= 0.3 is 6.18 Å². The van der Waals surface area contributed by atoms with Crippen molar-refractivity contribution in [3.8, 4) is 22.8 Å². The predicted molar refractivity (Wildman–Crippen MR) is 98.9 cm³/mol. The molecule has 1 aromatic carbocycles. The van der Waals surface area contributed by atoms with Gasteiger partial charge in [0.1, 0.15) is 5.75 Å². The Morgan fingerprint density at radius 2 is 1.90 bits per heavy atom. The summed E-state index contributed by atoms with van der Waals surface area (Å²) in [6.07, 6.45) is -1.87. The van der Waals surface area contributed by atoms with E-state index < -0.39 is 21.7 Å². The summed E-state index contributed by atoms with van der Waals surface area (Å²) >= 11 is 0. The minimum absolute atomic E-state index is 0.0246. The summed E-state index contributed by atoms with van der Waals surface area (Å²) in [6.45, 7) is 0. The second-order valence-electron chi connectivity index (χ2n) is 6.73. The molecule has 0 amide bonds. The summed E-state index contributed by atoms with van der Waals surface area (Å²) < 4.78 is 70.5. The Bertz CT molecular complexity index is 1200. The number of hydrogen-bond acceptors (Lipinski definition) is 5. The van der Waals surface area contributed by atoms with Crippen LogP contribution in [0.5, 0.6) is 5.75 Å². The average Bonchev–Trinajstić information content (AvgIpc) is 3.07. The third-order valence-electron chi connectivity index (χ3n) is 4.83. The summed E-state index contributed by atoms with van der Waals surface area (Å²) in [5.74, 6) is 0.720. The van der Waals surface area contributed by atoms with Gasteiger partial charge in [-0.2, -0.15) is 18.3 Å². The van der Waals surface area contributed by atoms with Gasteiger partial charge in [-0.25, -0.2) is 18.1 Å². The van der Waals surface area contributed by atoms with E-state index in [0.29, 0.717) is 23.4 Å². The Morgan fingerprint density at radius 1 is 1.14 bits per heavy atom. The normalized spacial score (nSPS) is 13.7. The zero-order valence-electron chi connectivity index (χ0n) is 15.5. The number of halogens is 3. The van der Waals surface area contributed by atoms with Crippen LogP contribution in [0, 0.1) is 0 Å². The summed E-state index contributed by atoms with van der Waals surface area (Å²) in [4.78, 5) is 4.03. The van der Waals surface area contributed by atoms with Crippen LogP contribution in [0.15, 0.2) is 41.4 Å². The maximum atomic E-state index is 13.6. The monoisotopic (exact) mass is 423 g/mol. The Labute approximate surface area is 164 Å². The van der Waals surface area contributed by atoms with E-state index in [1.807, 2.05) is 0 Å². The number of alkyl halides is 3. The number of aromatic nitrogens is 3. The molecule has 3 aromatic rings. The van der Waals surface area contributed by atoms with Gasteiger partial charge in [0.05, 0.1) is 17.7 Å². The van der Waals surface area contributed by atoms with Crippen molar-refractivity contribution < 1.29 is 26.3 Å². The van der Waals surface area contributed by atoms with Gasteiger partial charge in [0, 0.05) is 23.6 Å². The van der Waals surface area contributed by atoms with Crippen LogP contribution < -0.4 is 4.74 Å². The molecule has 2 aromatic heterocycles. The fourth-order valence-corrected chi connectivity index (χ4v) is 4.03. The number of pyridine rings is 1. The number of nitrogens with zero attached hydrogens (tertiary/aromatic N) is 3. The quantitative estimate of drug-likeness (QED) is 0.645. The van der Waals surface area contributed by atoms with Crippen molar-refractivity contribution in [2.75, 3.05) is 13.4 Å². The number of methoxy groups -OCH3 is 1. The second-order valence-corrected chi connectivity index (χ2v) is 8.75. The van der Waals surface area contributed by atoms with Gasteiger partial charge in [-0.1, -0.05) is 0 Å². The molecule has 0 aliphatic heterocycles. The highest BCUT2D eigenvalue weighted by Gasteiger charge is 2.41. The lowest BCUT2D eigenvalue weighted by Crippen LogP contribution is -2.11. The number of benzene rings is 1. The van der Waals surface area contributed by atoms with Crippen molar-refractivity contribution in [3.63, 3.8) is 0 Å². The highest BCUT2D eigenvalue weighted by Crippen LogP contribution is 2.42. The van der Waals surface area contributed by atoms with E-state index in [1.54, 1.807) is 18.2 Å². The molecule has 0 atom stereocenters. The first kappa shape index (κ1) is 19.4. The zero-order valence-corrected chi connectivity index (χ0v) is 16.3. The van der Waals surface area contributed by atoms with Gasteiger partial charge < -0.3 is 4.74 Å². The minimum atomic E-state index is -4.62. The highest BCUT2D eigenvalue weighted by atomic mass is 32.2. The molecule has 0 saturated carbocycles. The summed E-state index contributed by atoms with van der Waals surface area (Å²) in [5.41, 5.74) is 0.913. The molecule has 1 aliphatic carbocycles. The van der Waals surface area contributed by atoms with Crippen molar-refractivity contribution in [2.24, 2.45) is 0 Å². The third kappa shape index (κ3) is 3.37. The molecule has 4 rings (SSSR count). The fraction of sp³-hybridized carbons (Fsp3) is 0.263. The summed E-state index contributed by atoms with van der Waals surface area (Å²) in [6, 6.07) is 7.83. The van der Waals surface area contributed by atoms with E-state index in [0.717, 1.165) is 22.7 Å². The van der Waals surface area contributed by atoms with Crippen LogP contribution in [0.4, 0.5) is 13.2 Å². The van der Waals surface area contributed by atoms with E-state index in [4.69, 9.17) is 4.74 Å². The number of rotatable bonds is 3. The van der Waals surface area contributed by atoms with E-state index in [9.17, 15) is 21.6 Å². The molecule has 29 heavy (non-hydrogen) atoms. The average molecular weight is 423 g/mol. The number of sulfone groups is 1. The van der Waals surface area contributed by atoms with Crippen molar-refractivity contribution >= 4 is 9.84 Å². The second kappa shape index (κ2) is 6.58. The number of ether oxygens (including phenoxy) is 1. The number of hydrogen-bond donors (Lipinski definition) is 0. The predicted octanol–water partition coefficient (Wildman–Crippen LogP) is 3.46. The van der Waals surface area contributed by atoms with Crippen LogP contribution in [0.1, 0.15) is 16.8 Å². The Balaban J connectivity index is 1.95. The smallest absolute Gasteiger partial charge is 0.435 e. The summed E-state index contributed by atoms with van der Waals surface area (Å²) in [5, 5.41) is 3.82. The first-order chi connectivity index (χ1) is 13.6. The molecule has 2 heterocycles. The lowest BCUT2D eigenvalue weighted by atomic mass is 9.88.